The zero-order valence-corrected chi connectivity index (χ0v) is 12.3. The average molecular weight is 265 g/mol. The summed E-state index contributed by atoms with van der Waals surface area (Å²) >= 11 is 0. The Kier molecular flexibility index (Phi) is 3.45. The lowest BCUT2D eigenvalue weighted by molar-refractivity contribution is -0.116. The first-order valence-electron chi connectivity index (χ1n) is 6.91. The molecule has 1 saturated heterocycles. The number of hydrogen-bond acceptors (Lipinski definition) is 3. The van der Waals surface area contributed by atoms with Crippen molar-refractivity contribution in [1.29, 1.82) is 0 Å². The molecule has 1 aliphatic heterocycles. The van der Waals surface area contributed by atoms with E-state index in [1.807, 2.05) is 27.7 Å². The van der Waals surface area contributed by atoms with E-state index in [1.54, 1.807) is 4.90 Å². The fourth-order valence-electron chi connectivity index (χ4n) is 2.83. The van der Waals surface area contributed by atoms with E-state index in [1.165, 1.54) is 0 Å². The lowest BCUT2D eigenvalue weighted by Crippen LogP contribution is -2.44. The SMILES string of the molecule is CC1=CC2(CCN(C(=O)OC(C)(C)C)CC2)CC1=O. The highest BCUT2D eigenvalue weighted by molar-refractivity contribution is 5.98. The van der Waals surface area contributed by atoms with Crippen LogP contribution in [0, 0.1) is 5.41 Å². The van der Waals surface area contributed by atoms with Gasteiger partial charge in [-0.1, -0.05) is 6.08 Å². The summed E-state index contributed by atoms with van der Waals surface area (Å²) in [4.78, 5) is 25.4. The number of ketones is 1. The van der Waals surface area contributed by atoms with Gasteiger partial charge in [0, 0.05) is 19.5 Å². The van der Waals surface area contributed by atoms with Gasteiger partial charge in [0.25, 0.3) is 0 Å². The van der Waals surface area contributed by atoms with Gasteiger partial charge < -0.3 is 9.64 Å². The monoisotopic (exact) mass is 265 g/mol. The fraction of sp³-hybridized carbons (Fsp3) is 0.733. The third-order valence-electron chi connectivity index (χ3n) is 3.89. The Balaban J connectivity index is 1.93. The van der Waals surface area contributed by atoms with Crippen molar-refractivity contribution in [3.05, 3.63) is 11.6 Å². The molecule has 1 heterocycles. The number of rotatable bonds is 0. The van der Waals surface area contributed by atoms with Crippen molar-refractivity contribution in [3.63, 3.8) is 0 Å². The second-order valence-electron chi connectivity index (χ2n) is 6.76. The molecule has 4 nitrogen and oxygen atoms in total. The van der Waals surface area contributed by atoms with Crippen LogP contribution in [0.1, 0.15) is 47.0 Å². The normalized spacial score (nSPS) is 22.6. The minimum atomic E-state index is -0.452. The third-order valence-corrected chi connectivity index (χ3v) is 3.89. The van der Waals surface area contributed by atoms with Crippen LogP contribution in [0.15, 0.2) is 11.6 Å². The molecule has 0 aromatic rings. The average Bonchev–Trinajstić information content (AvgIpc) is 2.52. The number of Topliss-reactive ketones (excluding diaryl/α,β-unsaturated/α-hetero) is 1. The smallest absolute Gasteiger partial charge is 0.410 e. The molecule has 4 heteroatoms. The predicted octanol–water partition coefficient (Wildman–Crippen LogP) is 2.92. The van der Waals surface area contributed by atoms with Crippen LogP contribution in [0.25, 0.3) is 0 Å². The van der Waals surface area contributed by atoms with Gasteiger partial charge in [-0.05, 0) is 51.5 Å². The number of ether oxygens (including phenoxy) is 1. The molecule has 0 atom stereocenters. The highest BCUT2D eigenvalue weighted by Gasteiger charge is 2.40. The van der Waals surface area contributed by atoms with E-state index in [0.29, 0.717) is 19.5 Å². The Hall–Kier alpha value is -1.32. The molecule has 1 aliphatic carbocycles. The van der Waals surface area contributed by atoms with E-state index in [-0.39, 0.29) is 17.3 Å². The van der Waals surface area contributed by atoms with Crippen LogP contribution in [-0.4, -0.2) is 35.5 Å². The number of piperidine rings is 1. The van der Waals surface area contributed by atoms with Crippen molar-refractivity contribution >= 4 is 11.9 Å². The van der Waals surface area contributed by atoms with E-state index in [4.69, 9.17) is 4.74 Å². The predicted molar refractivity (Wildman–Crippen MR) is 72.9 cm³/mol. The molecule has 0 unspecified atom stereocenters. The summed E-state index contributed by atoms with van der Waals surface area (Å²) in [5.41, 5.74) is 0.428. The van der Waals surface area contributed by atoms with Gasteiger partial charge in [-0.15, -0.1) is 0 Å². The zero-order valence-electron chi connectivity index (χ0n) is 12.3. The van der Waals surface area contributed by atoms with Gasteiger partial charge in [0.05, 0.1) is 0 Å². The molecular formula is C15H23NO3. The summed E-state index contributed by atoms with van der Waals surface area (Å²) in [7, 11) is 0. The summed E-state index contributed by atoms with van der Waals surface area (Å²) in [6.45, 7) is 8.85. The van der Waals surface area contributed by atoms with Crippen molar-refractivity contribution in [2.45, 2.75) is 52.6 Å². The number of amides is 1. The Morgan fingerprint density at radius 3 is 2.32 bits per heavy atom. The van der Waals surface area contributed by atoms with Crippen molar-refractivity contribution in [3.8, 4) is 0 Å². The van der Waals surface area contributed by atoms with Crippen LogP contribution in [0.3, 0.4) is 0 Å². The van der Waals surface area contributed by atoms with Crippen molar-refractivity contribution in [2.24, 2.45) is 5.41 Å². The number of allylic oxidation sites excluding steroid dienone is 2. The second kappa shape index (κ2) is 4.66. The third kappa shape index (κ3) is 3.17. The number of carbonyl (C=O) groups is 2. The topological polar surface area (TPSA) is 46.6 Å². The molecule has 1 amide bonds. The van der Waals surface area contributed by atoms with Gasteiger partial charge in [0.1, 0.15) is 5.60 Å². The lowest BCUT2D eigenvalue weighted by atomic mass is 9.78. The Morgan fingerprint density at radius 2 is 1.89 bits per heavy atom. The van der Waals surface area contributed by atoms with Crippen molar-refractivity contribution in [1.82, 2.24) is 4.90 Å². The summed E-state index contributed by atoms with van der Waals surface area (Å²) in [6, 6.07) is 0. The Morgan fingerprint density at radius 1 is 1.32 bits per heavy atom. The van der Waals surface area contributed by atoms with Gasteiger partial charge in [-0.2, -0.15) is 0 Å². The summed E-state index contributed by atoms with van der Waals surface area (Å²) < 4.78 is 5.38. The van der Waals surface area contributed by atoms with Crippen LogP contribution in [-0.2, 0) is 9.53 Å². The molecule has 0 aromatic carbocycles. The largest absolute Gasteiger partial charge is 0.444 e. The molecule has 2 rings (SSSR count). The maximum absolute atomic E-state index is 12.0. The van der Waals surface area contributed by atoms with Crippen molar-refractivity contribution in [2.75, 3.05) is 13.1 Å². The molecule has 2 aliphatic rings. The first kappa shape index (κ1) is 14.1. The minimum absolute atomic E-state index is 0.000318. The lowest BCUT2D eigenvalue weighted by Gasteiger charge is -2.38. The van der Waals surface area contributed by atoms with E-state index < -0.39 is 5.60 Å². The molecule has 1 spiro atoms. The van der Waals surface area contributed by atoms with Crippen LogP contribution in [0.2, 0.25) is 0 Å². The maximum atomic E-state index is 12.0. The number of nitrogens with zero attached hydrogens (tertiary/aromatic N) is 1. The Labute approximate surface area is 114 Å². The highest BCUT2D eigenvalue weighted by atomic mass is 16.6. The molecule has 106 valence electrons. The molecule has 1 fully saturated rings. The number of likely N-dealkylation sites (tertiary alicyclic amines) is 1. The van der Waals surface area contributed by atoms with Crippen LogP contribution >= 0.6 is 0 Å². The van der Waals surface area contributed by atoms with Gasteiger partial charge in [-0.3, -0.25) is 4.79 Å². The highest BCUT2D eigenvalue weighted by Crippen LogP contribution is 2.42. The summed E-state index contributed by atoms with van der Waals surface area (Å²) in [5.74, 6) is 0.255. The van der Waals surface area contributed by atoms with Gasteiger partial charge in [0.15, 0.2) is 5.78 Å². The van der Waals surface area contributed by atoms with E-state index in [0.717, 1.165) is 18.4 Å². The van der Waals surface area contributed by atoms with Crippen LogP contribution in [0.5, 0.6) is 0 Å². The number of hydrogen-bond donors (Lipinski definition) is 0. The minimum Gasteiger partial charge on any atom is -0.444 e. The van der Waals surface area contributed by atoms with Gasteiger partial charge in [-0.25, -0.2) is 4.79 Å². The van der Waals surface area contributed by atoms with E-state index in [9.17, 15) is 9.59 Å². The molecule has 19 heavy (non-hydrogen) atoms. The summed E-state index contributed by atoms with van der Waals surface area (Å²) in [6.07, 6.45) is 4.19. The van der Waals surface area contributed by atoms with Crippen LogP contribution in [0.4, 0.5) is 4.79 Å². The van der Waals surface area contributed by atoms with Crippen molar-refractivity contribution < 1.29 is 14.3 Å². The molecule has 0 radical (unpaired) electrons. The first-order valence-corrected chi connectivity index (χ1v) is 6.91. The first-order chi connectivity index (χ1) is 8.71. The molecule has 0 saturated carbocycles. The van der Waals surface area contributed by atoms with E-state index >= 15 is 0 Å². The fourth-order valence-corrected chi connectivity index (χ4v) is 2.83. The Bertz CT molecular complexity index is 423. The summed E-state index contributed by atoms with van der Waals surface area (Å²) in [5, 5.41) is 0. The molecule has 0 bridgehead atoms. The molecular weight excluding hydrogens is 242 g/mol. The van der Waals surface area contributed by atoms with Crippen LogP contribution < -0.4 is 0 Å². The molecule has 0 aromatic heterocycles. The zero-order chi connectivity index (χ0) is 14.3. The quantitative estimate of drug-likeness (QED) is 0.676. The van der Waals surface area contributed by atoms with Gasteiger partial charge in [0.2, 0.25) is 0 Å². The maximum Gasteiger partial charge on any atom is 0.410 e. The van der Waals surface area contributed by atoms with Gasteiger partial charge >= 0.3 is 6.09 Å². The second-order valence-corrected chi connectivity index (χ2v) is 6.76. The van der Waals surface area contributed by atoms with E-state index in [2.05, 4.69) is 6.08 Å². The molecule has 0 N–H and O–H groups in total. The standard InChI is InChI=1S/C15H23NO3/c1-11-9-15(10-12(11)17)5-7-16(8-6-15)13(18)19-14(2,3)4/h9H,5-8,10H2,1-4H3. The number of carbonyl (C=O) groups excluding carboxylic acids is 2.